The van der Waals surface area contributed by atoms with Gasteiger partial charge in [0.1, 0.15) is 11.2 Å². The first-order chi connectivity index (χ1) is 15.6. The first-order valence-electron chi connectivity index (χ1n) is 9.84. The number of nitrogens with one attached hydrogen (secondary N) is 1. The predicted octanol–water partition coefficient (Wildman–Crippen LogP) is 4.49. The van der Waals surface area contributed by atoms with E-state index in [-0.39, 0.29) is 11.2 Å². The standard InChI is InChI=1S/C23H18F3N3O3S/c1-13-6-7-17(10-14(13)2)29-21(31)20-18(8-9-33-20)28(22(29)32)12-19(30)27-16-5-3-4-15(11-16)23(24,25)26/h3-11H,12H2,1-2H3,(H,27,30). The molecule has 4 aromatic rings. The zero-order chi connectivity index (χ0) is 23.9. The Kier molecular flexibility index (Phi) is 5.71. The lowest BCUT2D eigenvalue weighted by molar-refractivity contribution is -0.137. The second-order valence-corrected chi connectivity index (χ2v) is 8.46. The molecular formula is C23H18F3N3O3S. The number of thiophene rings is 1. The molecule has 33 heavy (non-hydrogen) atoms. The Hall–Kier alpha value is -3.66. The molecule has 0 radical (unpaired) electrons. The van der Waals surface area contributed by atoms with E-state index in [0.717, 1.165) is 43.7 Å². The Morgan fingerprint density at radius 3 is 2.48 bits per heavy atom. The molecule has 0 saturated carbocycles. The predicted molar refractivity (Wildman–Crippen MR) is 121 cm³/mol. The zero-order valence-corrected chi connectivity index (χ0v) is 18.4. The third kappa shape index (κ3) is 4.34. The van der Waals surface area contributed by atoms with E-state index in [9.17, 15) is 27.6 Å². The highest BCUT2D eigenvalue weighted by Gasteiger charge is 2.30. The summed E-state index contributed by atoms with van der Waals surface area (Å²) in [5, 5.41) is 4.03. The largest absolute Gasteiger partial charge is 0.416 e. The van der Waals surface area contributed by atoms with Gasteiger partial charge in [-0.15, -0.1) is 11.3 Å². The molecule has 1 N–H and O–H groups in total. The number of hydrogen-bond acceptors (Lipinski definition) is 4. The fourth-order valence-electron chi connectivity index (χ4n) is 3.45. The van der Waals surface area contributed by atoms with Crippen molar-refractivity contribution in [3.05, 3.63) is 91.4 Å². The third-order valence-corrected chi connectivity index (χ3v) is 6.17. The molecule has 0 atom stereocenters. The number of halogens is 3. The Morgan fingerprint density at radius 1 is 1.03 bits per heavy atom. The first-order valence-corrected chi connectivity index (χ1v) is 10.7. The summed E-state index contributed by atoms with van der Waals surface area (Å²) >= 11 is 1.14. The zero-order valence-electron chi connectivity index (χ0n) is 17.6. The van der Waals surface area contributed by atoms with Crippen molar-refractivity contribution in [3.63, 3.8) is 0 Å². The van der Waals surface area contributed by atoms with E-state index in [1.54, 1.807) is 29.6 Å². The quantitative estimate of drug-likeness (QED) is 0.475. The van der Waals surface area contributed by atoms with Crippen LogP contribution in [0.15, 0.2) is 63.5 Å². The number of carbonyl (C=O) groups excluding carboxylic acids is 1. The van der Waals surface area contributed by atoms with Crippen LogP contribution in [-0.4, -0.2) is 15.0 Å². The molecule has 10 heteroatoms. The minimum atomic E-state index is -4.55. The van der Waals surface area contributed by atoms with Crippen LogP contribution < -0.4 is 16.6 Å². The highest BCUT2D eigenvalue weighted by molar-refractivity contribution is 7.17. The molecule has 170 valence electrons. The van der Waals surface area contributed by atoms with Crippen molar-refractivity contribution in [2.75, 3.05) is 5.32 Å². The Balaban J connectivity index is 1.75. The molecule has 2 aromatic heterocycles. The fourth-order valence-corrected chi connectivity index (χ4v) is 4.27. The maximum atomic E-state index is 13.3. The van der Waals surface area contributed by atoms with E-state index in [1.165, 1.54) is 12.1 Å². The van der Waals surface area contributed by atoms with Gasteiger partial charge in [0.05, 0.1) is 16.8 Å². The van der Waals surface area contributed by atoms with Gasteiger partial charge in [-0.3, -0.25) is 14.2 Å². The van der Waals surface area contributed by atoms with E-state index >= 15 is 0 Å². The van der Waals surface area contributed by atoms with Crippen molar-refractivity contribution in [3.8, 4) is 5.69 Å². The smallest absolute Gasteiger partial charge is 0.325 e. The van der Waals surface area contributed by atoms with Gasteiger partial charge in [-0.2, -0.15) is 13.2 Å². The summed E-state index contributed by atoms with van der Waals surface area (Å²) in [7, 11) is 0. The number of amides is 1. The minimum Gasteiger partial charge on any atom is -0.325 e. The number of aryl methyl sites for hydroxylation is 2. The molecule has 4 rings (SSSR count). The van der Waals surface area contributed by atoms with E-state index in [0.29, 0.717) is 10.4 Å². The number of benzene rings is 2. The number of hydrogen-bond donors (Lipinski definition) is 1. The van der Waals surface area contributed by atoms with Crippen LogP contribution in [0.4, 0.5) is 18.9 Å². The summed E-state index contributed by atoms with van der Waals surface area (Å²) in [5.41, 5.74) is 0.373. The molecule has 2 heterocycles. The van der Waals surface area contributed by atoms with Crippen LogP contribution in [0.2, 0.25) is 0 Å². The van der Waals surface area contributed by atoms with Crippen LogP contribution in [0.25, 0.3) is 15.9 Å². The van der Waals surface area contributed by atoms with Crippen molar-refractivity contribution in [1.29, 1.82) is 0 Å². The summed E-state index contributed by atoms with van der Waals surface area (Å²) in [6.45, 7) is 3.28. The lowest BCUT2D eigenvalue weighted by atomic mass is 10.1. The molecule has 0 saturated heterocycles. The van der Waals surface area contributed by atoms with Crippen LogP contribution in [-0.2, 0) is 17.5 Å². The minimum absolute atomic E-state index is 0.0492. The van der Waals surface area contributed by atoms with Crippen molar-refractivity contribution < 1.29 is 18.0 Å². The van der Waals surface area contributed by atoms with Crippen molar-refractivity contribution in [2.45, 2.75) is 26.6 Å². The number of nitrogens with zero attached hydrogens (tertiary/aromatic N) is 2. The van der Waals surface area contributed by atoms with Crippen molar-refractivity contribution >= 4 is 33.1 Å². The molecular weight excluding hydrogens is 455 g/mol. The van der Waals surface area contributed by atoms with E-state index in [1.807, 2.05) is 13.8 Å². The third-order valence-electron chi connectivity index (χ3n) is 5.28. The average molecular weight is 473 g/mol. The highest BCUT2D eigenvalue weighted by Crippen LogP contribution is 2.30. The number of rotatable bonds is 4. The average Bonchev–Trinajstić information content (AvgIpc) is 3.23. The summed E-state index contributed by atoms with van der Waals surface area (Å²) < 4.78 is 41.3. The number of carbonyl (C=O) groups is 1. The molecule has 0 aliphatic heterocycles. The Bertz CT molecular complexity index is 1500. The van der Waals surface area contributed by atoms with Gasteiger partial charge in [0.25, 0.3) is 5.56 Å². The molecule has 2 aromatic carbocycles. The van der Waals surface area contributed by atoms with Crippen molar-refractivity contribution in [1.82, 2.24) is 9.13 Å². The molecule has 0 spiro atoms. The monoisotopic (exact) mass is 473 g/mol. The van der Waals surface area contributed by atoms with Gasteiger partial charge < -0.3 is 5.32 Å². The number of anilines is 1. The normalized spacial score (nSPS) is 11.7. The van der Waals surface area contributed by atoms with E-state index < -0.39 is 35.4 Å². The van der Waals surface area contributed by atoms with E-state index in [4.69, 9.17) is 0 Å². The van der Waals surface area contributed by atoms with Crippen LogP contribution in [0.5, 0.6) is 0 Å². The van der Waals surface area contributed by atoms with Crippen LogP contribution >= 0.6 is 11.3 Å². The van der Waals surface area contributed by atoms with Crippen LogP contribution in [0.1, 0.15) is 16.7 Å². The topological polar surface area (TPSA) is 73.1 Å². The molecule has 0 unspecified atom stereocenters. The second-order valence-electron chi connectivity index (χ2n) is 7.54. The van der Waals surface area contributed by atoms with Gasteiger partial charge in [0.15, 0.2) is 0 Å². The van der Waals surface area contributed by atoms with Gasteiger partial charge in [0.2, 0.25) is 5.91 Å². The van der Waals surface area contributed by atoms with Crippen LogP contribution in [0, 0.1) is 13.8 Å². The highest BCUT2D eigenvalue weighted by atomic mass is 32.1. The Morgan fingerprint density at radius 2 is 1.79 bits per heavy atom. The first kappa shape index (κ1) is 22.5. The number of fused-ring (bicyclic) bond motifs is 1. The maximum absolute atomic E-state index is 13.3. The van der Waals surface area contributed by atoms with Gasteiger partial charge in [-0.05, 0) is 66.8 Å². The summed E-state index contributed by atoms with van der Waals surface area (Å²) in [5.74, 6) is -0.700. The maximum Gasteiger partial charge on any atom is 0.416 e. The fraction of sp³-hybridized carbons (Fsp3) is 0.174. The molecule has 0 aliphatic carbocycles. The van der Waals surface area contributed by atoms with Crippen LogP contribution in [0.3, 0.4) is 0 Å². The summed E-state index contributed by atoms with van der Waals surface area (Å²) in [4.78, 5) is 39.0. The molecule has 1 amide bonds. The summed E-state index contributed by atoms with van der Waals surface area (Å²) in [6.07, 6.45) is -4.55. The molecule has 6 nitrogen and oxygen atoms in total. The molecule has 0 fully saturated rings. The van der Waals surface area contributed by atoms with Crippen molar-refractivity contribution in [2.24, 2.45) is 0 Å². The lowest BCUT2D eigenvalue weighted by Gasteiger charge is -2.14. The van der Waals surface area contributed by atoms with Gasteiger partial charge >= 0.3 is 11.9 Å². The molecule has 0 bridgehead atoms. The Labute approximate surface area is 189 Å². The SMILES string of the molecule is Cc1ccc(-n2c(=O)c3sccc3n(CC(=O)Nc3cccc(C(F)(F)F)c3)c2=O)cc1C. The lowest BCUT2D eigenvalue weighted by Crippen LogP contribution is -2.40. The second kappa shape index (κ2) is 8.36. The number of alkyl halides is 3. The van der Waals surface area contributed by atoms with E-state index in [2.05, 4.69) is 5.32 Å². The van der Waals surface area contributed by atoms with Gasteiger partial charge in [0, 0.05) is 5.69 Å². The van der Waals surface area contributed by atoms with Gasteiger partial charge in [-0.25, -0.2) is 9.36 Å². The van der Waals surface area contributed by atoms with Gasteiger partial charge in [-0.1, -0.05) is 12.1 Å². The summed E-state index contributed by atoms with van der Waals surface area (Å²) in [6, 6.07) is 10.9. The molecule has 0 aliphatic rings. The number of aromatic nitrogens is 2.